The maximum atomic E-state index is 5.83. The highest BCUT2D eigenvalue weighted by atomic mass is 16.5. The fraction of sp³-hybridized carbons (Fsp3) is 0.286. The molecule has 0 bridgehead atoms. The van der Waals surface area contributed by atoms with E-state index in [9.17, 15) is 0 Å². The molecule has 0 heterocycles. The zero-order chi connectivity index (χ0) is 12.1. The number of hydrogen-bond donors (Lipinski definition) is 1. The first-order valence-corrected chi connectivity index (χ1v) is 5.66. The molecule has 2 aromatic rings. The normalized spacial score (nSPS) is 12.6. The van der Waals surface area contributed by atoms with E-state index in [1.807, 2.05) is 30.3 Å². The average Bonchev–Trinajstić information content (AvgIpc) is 2.36. The number of rotatable bonds is 5. The van der Waals surface area contributed by atoms with Gasteiger partial charge in [0.25, 0.3) is 0 Å². The Hall–Kier alpha value is -1.58. The topological polar surface area (TPSA) is 44.5 Å². The Bertz CT molecular complexity index is 479. The van der Waals surface area contributed by atoms with Crippen LogP contribution in [0.4, 0.5) is 0 Å². The zero-order valence-electron chi connectivity index (χ0n) is 9.93. The fourth-order valence-corrected chi connectivity index (χ4v) is 1.78. The molecule has 3 heteroatoms. The standard InChI is InChI=1S/C14H17NO2/c1-16-9-12(15)10-17-14-8-4-6-11-5-2-3-7-13(11)14/h2-8,12H,9-10,15H2,1H3. The molecule has 90 valence electrons. The smallest absolute Gasteiger partial charge is 0.127 e. The molecule has 2 N–H and O–H groups in total. The molecule has 3 nitrogen and oxygen atoms in total. The second-order valence-corrected chi connectivity index (χ2v) is 4.00. The summed E-state index contributed by atoms with van der Waals surface area (Å²) < 4.78 is 10.7. The van der Waals surface area contributed by atoms with Crippen LogP contribution < -0.4 is 10.5 Å². The monoisotopic (exact) mass is 231 g/mol. The minimum absolute atomic E-state index is 0.0982. The van der Waals surface area contributed by atoms with Gasteiger partial charge in [-0.3, -0.25) is 0 Å². The highest BCUT2D eigenvalue weighted by molar-refractivity contribution is 5.88. The quantitative estimate of drug-likeness (QED) is 0.858. The Morgan fingerprint density at radius 2 is 1.82 bits per heavy atom. The van der Waals surface area contributed by atoms with Crippen LogP contribution in [0.5, 0.6) is 5.75 Å². The second-order valence-electron chi connectivity index (χ2n) is 4.00. The summed E-state index contributed by atoms with van der Waals surface area (Å²) in [6.07, 6.45) is 0. The number of hydrogen-bond acceptors (Lipinski definition) is 3. The maximum Gasteiger partial charge on any atom is 0.127 e. The highest BCUT2D eigenvalue weighted by Crippen LogP contribution is 2.24. The van der Waals surface area contributed by atoms with Crippen LogP contribution in [0.2, 0.25) is 0 Å². The number of ether oxygens (including phenoxy) is 2. The zero-order valence-corrected chi connectivity index (χ0v) is 9.93. The van der Waals surface area contributed by atoms with Crippen LogP contribution >= 0.6 is 0 Å². The first kappa shape index (κ1) is 11.9. The molecule has 0 fully saturated rings. The second kappa shape index (κ2) is 5.66. The summed E-state index contributed by atoms with van der Waals surface area (Å²) in [6.45, 7) is 0.965. The predicted molar refractivity (Wildman–Crippen MR) is 69.3 cm³/mol. The van der Waals surface area contributed by atoms with Gasteiger partial charge in [0.15, 0.2) is 0 Å². The molecule has 0 saturated carbocycles. The summed E-state index contributed by atoms with van der Waals surface area (Å²) in [5, 5.41) is 2.28. The minimum Gasteiger partial charge on any atom is -0.491 e. The molecule has 17 heavy (non-hydrogen) atoms. The van der Waals surface area contributed by atoms with Gasteiger partial charge in [0, 0.05) is 12.5 Å². The van der Waals surface area contributed by atoms with Crippen LogP contribution in [0.1, 0.15) is 0 Å². The van der Waals surface area contributed by atoms with Crippen molar-refractivity contribution in [2.24, 2.45) is 5.73 Å². The van der Waals surface area contributed by atoms with Gasteiger partial charge in [-0.25, -0.2) is 0 Å². The Balaban J connectivity index is 2.13. The van der Waals surface area contributed by atoms with Gasteiger partial charge in [0.2, 0.25) is 0 Å². The molecule has 0 saturated heterocycles. The number of nitrogens with two attached hydrogens (primary N) is 1. The lowest BCUT2D eigenvalue weighted by molar-refractivity contribution is 0.153. The van der Waals surface area contributed by atoms with E-state index < -0.39 is 0 Å². The van der Waals surface area contributed by atoms with Gasteiger partial charge in [0.1, 0.15) is 12.4 Å². The van der Waals surface area contributed by atoms with Crippen LogP contribution in [-0.2, 0) is 4.74 Å². The molecule has 2 rings (SSSR count). The molecule has 0 aliphatic heterocycles. The van der Waals surface area contributed by atoms with E-state index in [0.717, 1.165) is 11.1 Å². The third-order valence-corrected chi connectivity index (χ3v) is 2.58. The Morgan fingerprint density at radius 3 is 2.65 bits per heavy atom. The van der Waals surface area contributed by atoms with Crippen LogP contribution in [0.25, 0.3) is 10.8 Å². The predicted octanol–water partition coefficient (Wildman–Crippen LogP) is 2.19. The van der Waals surface area contributed by atoms with E-state index in [1.54, 1.807) is 7.11 Å². The van der Waals surface area contributed by atoms with Crippen molar-refractivity contribution in [2.75, 3.05) is 20.3 Å². The summed E-state index contributed by atoms with van der Waals surface area (Å²) in [4.78, 5) is 0. The molecule has 0 aliphatic carbocycles. The van der Waals surface area contributed by atoms with Gasteiger partial charge in [-0.05, 0) is 11.5 Å². The van der Waals surface area contributed by atoms with Crippen molar-refractivity contribution in [3.05, 3.63) is 42.5 Å². The van der Waals surface area contributed by atoms with Crippen LogP contribution in [0, 0.1) is 0 Å². The molecule has 0 spiro atoms. The van der Waals surface area contributed by atoms with Crippen LogP contribution in [0.3, 0.4) is 0 Å². The molecular weight excluding hydrogens is 214 g/mol. The third-order valence-electron chi connectivity index (χ3n) is 2.58. The van der Waals surface area contributed by atoms with Crippen molar-refractivity contribution in [1.82, 2.24) is 0 Å². The summed E-state index contributed by atoms with van der Waals surface area (Å²) >= 11 is 0. The number of methoxy groups -OCH3 is 1. The van der Waals surface area contributed by atoms with Crippen molar-refractivity contribution in [3.8, 4) is 5.75 Å². The first-order chi connectivity index (χ1) is 8.31. The Morgan fingerprint density at radius 1 is 1.06 bits per heavy atom. The summed E-state index contributed by atoms with van der Waals surface area (Å²) in [5.74, 6) is 0.870. The first-order valence-electron chi connectivity index (χ1n) is 5.66. The van der Waals surface area contributed by atoms with Crippen molar-refractivity contribution in [3.63, 3.8) is 0 Å². The summed E-state index contributed by atoms with van der Waals surface area (Å²) in [6, 6.07) is 14.1. The Labute approximate surface area is 101 Å². The lowest BCUT2D eigenvalue weighted by atomic mass is 10.1. The largest absolute Gasteiger partial charge is 0.491 e. The lowest BCUT2D eigenvalue weighted by Crippen LogP contribution is -2.32. The molecule has 2 aromatic carbocycles. The molecule has 0 aliphatic rings. The van der Waals surface area contributed by atoms with E-state index in [4.69, 9.17) is 15.2 Å². The van der Waals surface area contributed by atoms with Crippen molar-refractivity contribution < 1.29 is 9.47 Å². The minimum atomic E-state index is -0.0982. The molecule has 0 radical (unpaired) electrons. The lowest BCUT2D eigenvalue weighted by Gasteiger charge is -2.13. The van der Waals surface area contributed by atoms with E-state index in [2.05, 4.69) is 12.1 Å². The van der Waals surface area contributed by atoms with Gasteiger partial charge in [-0.15, -0.1) is 0 Å². The number of benzene rings is 2. The maximum absolute atomic E-state index is 5.83. The highest BCUT2D eigenvalue weighted by Gasteiger charge is 2.05. The van der Waals surface area contributed by atoms with Gasteiger partial charge >= 0.3 is 0 Å². The number of fused-ring (bicyclic) bond motifs is 1. The van der Waals surface area contributed by atoms with Gasteiger partial charge in [0.05, 0.1) is 12.6 Å². The van der Waals surface area contributed by atoms with Crippen LogP contribution in [-0.4, -0.2) is 26.4 Å². The summed E-state index contributed by atoms with van der Waals surface area (Å²) in [7, 11) is 1.64. The Kier molecular flexibility index (Phi) is 3.96. The van der Waals surface area contributed by atoms with Gasteiger partial charge < -0.3 is 15.2 Å². The van der Waals surface area contributed by atoms with E-state index in [-0.39, 0.29) is 6.04 Å². The molecule has 1 atom stereocenters. The fourth-order valence-electron chi connectivity index (χ4n) is 1.78. The van der Waals surface area contributed by atoms with E-state index in [0.29, 0.717) is 13.2 Å². The third kappa shape index (κ3) is 2.96. The molecule has 0 aromatic heterocycles. The van der Waals surface area contributed by atoms with Gasteiger partial charge in [-0.1, -0.05) is 36.4 Å². The SMILES string of the molecule is COCC(N)COc1cccc2ccccc12. The van der Waals surface area contributed by atoms with Gasteiger partial charge in [-0.2, -0.15) is 0 Å². The van der Waals surface area contributed by atoms with E-state index in [1.165, 1.54) is 5.39 Å². The average molecular weight is 231 g/mol. The van der Waals surface area contributed by atoms with Crippen molar-refractivity contribution in [2.45, 2.75) is 6.04 Å². The van der Waals surface area contributed by atoms with Crippen molar-refractivity contribution >= 4 is 10.8 Å². The van der Waals surface area contributed by atoms with Crippen molar-refractivity contribution in [1.29, 1.82) is 0 Å². The molecule has 0 amide bonds. The summed E-state index contributed by atoms with van der Waals surface area (Å²) in [5.41, 5.74) is 5.83. The van der Waals surface area contributed by atoms with E-state index >= 15 is 0 Å². The van der Waals surface area contributed by atoms with Crippen LogP contribution in [0.15, 0.2) is 42.5 Å². The molecule has 1 unspecified atom stereocenters. The molecular formula is C14H17NO2.